The Morgan fingerprint density at radius 2 is 1.57 bits per heavy atom. The number of hydrogen-bond acceptors (Lipinski definition) is 3. The van der Waals surface area contributed by atoms with E-state index in [2.05, 4.69) is 31.8 Å². The molecule has 28 heavy (non-hydrogen) atoms. The molecule has 0 heterocycles. The standard InChI is InChI=1S/C22H20BrN3O2/c1-15(17-7-6-16-4-2-3-5-18(16)14-17)25-26-22(28)13-12-21(27)24-20-10-8-19(23)9-11-20/h2-11,14H,12-13H2,1H3,(H,24,27)(H,26,28). The Bertz CT molecular complexity index is 1030. The highest BCUT2D eigenvalue weighted by Crippen LogP contribution is 2.16. The van der Waals surface area contributed by atoms with Gasteiger partial charge in [0.1, 0.15) is 0 Å². The van der Waals surface area contributed by atoms with Crippen LogP contribution < -0.4 is 10.7 Å². The molecule has 0 aliphatic rings. The third kappa shape index (κ3) is 5.50. The number of rotatable bonds is 6. The minimum atomic E-state index is -0.300. The molecule has 0 saturated carbocycles. The van der Waals surface area contributed by atoms with Gasteiger partial charge in [-0.3, -0.25) is 9.59 Å². The summed E-state index contributed by atoms with van der Waals surface area (Å²) < 4.78 is 0.935. The smallest absolute Gasteiger partial charge is 0.240 e. The van der Waals surface area contributed by atoms with Gasteiger partial charge in [0.2, 0.25) is 11.8 Å². The van der Waals surface area contributed by atoms with Gasteiger partial charge in [-0.1, -0.05) is 52.3 Å². The summed E-state index contributed by atoms with van der Waals surface area (Å²) in [7, 11) is 0. The summed E-state index contributed by atoms with van der Waals surface area (Å²) in [6, 6.07) is 21.4. The fourth-order valence-corrected chi connectivity index (χ4v) is 2.93. The van der Waals surface area contributed by atoms with Crippen molar-refractivity contribution in [3.63, 3.8) is 0 Å². The molecule has 0 radical (unpaired) electrons. The molecular formula is C22H20BrN3O2. The fraction of sp³-hybridized carbons (Fsp3) is 0.136. The van der Waals surface area contributed by atoms with E-state index in [-0.39, 0.29) is 24.7 Å². The third-order valence-electron chi connectivity index (χ3n) is 4.22. The van der Waals surface area contributed by atoms with Crippen LogP contribution in [0.1, 0.15) is 25.3 Å². The lowest BCUT2D eigenvalue weighted by Gasteiger charge is -2.06. The largest absolute Gasteiger partial charge is 0.326 e. The molecular weight excluding hydrogens is 418 g/mol. The van der Waals surface area contributed by atoms with E-state index in [1.165, 1.54) is 0 Å². The number of carbonyl (C=O) groups is 2. The number of amides is 2. The topological polar surface area (TPSA) is 70.6 Å². The first-order chi connectivity index (χ1) is 13.5. The third-order valence-corrected chi connectivity index (χ3v) is 4.75. The van der Waals surface area contributed by atoms with Crippen molar-refractivity contribution in [3.05, 3.63) is 76.8 Å². The fourth-order valence-electron chi connectivity index (χ4n) is 2.66. The predicted octanol–water partition coefficient (Wildman–Crippen LogP) is 4.86. The van der Waals surface area contributed by atoms with Crippen molar-refractivity contribution in [2.75, 3.05) is 5.32 Å². The molecule has 2 amide bonds. The monoisotopic (exact) mass is 437 g/mol. The molecule has 0 aliphatic carbocycles. The van der Waals surface area contributed by atoms with E-state index in [4.69, 9.17) is 0 Å². The summed E-state index contributed by atoms with van der Waals surface area (Å²) in [5.74, 6) is -0.515. The van der Waals surface area contributed by atoms with Gasteiger partial charge in [-0.15, -0.1) is 0 Å². The van der Waals surface area contributed by atoms with Gasteiger partial charge in [-0.25, -0.2) is 5.43 Å². The lowest BCUT2D eigenvalue weighted by molar-refractivity contribution is -0.124. The second kappa shape index (κ2) is 9.28. The number of halogens is 1. The number of carbonyl (C=O) groups excluding carboxylic acids is 2. The zero-order chi connectivity index (χ0) is 19.9. The van der Waals surface area contributed by atoms with E-state index in [9.17, 15) is 9.59 Å². The SMILES string of the molecule is CC(=NNC(=O)CCC(=O)Nc1ccc(Br)cc1)c1ccc2ccccc2c1. The summed E-state index contributed by atoms with van der Waals surface area (Å²) in [6.07, 6.45) is 0.156. The van der Waals surface area contributed by atoms with E-state index in [0.717, 1.165) is 20.8 Å². The van der Waals surface area contributed by atoms with Crippen molar-refractivity contribution in [3.8, 4) is 0 Å². The van der Waals surface area contributed by atoms with Crippen molar-refractivity contribution >= 4 is 49.9 Å². The number of hydrogen-bond donors (Lipinski definition) is 2. The maximum absolute atomic E-state index is 12.0. The molecule has 142 valence electrons. The quantitative estimate of drug-likeness (QED) is 0.426. The van der Waals surface area contributed by atoms with Crippen LogP contribution in [-0.2, 0) is 9.59 Å². The molecule has 6 heteroatoms. The van der Waals surface area contributed by atoms with Crippen molar-refractivity contribution < 1.29 is 9.59 Å². The lowest BCUT2D eigenvalue weighted by atomic mass is 10.0. The molecule has 3 aromatic carbocycles. The van der Waals surface area contributed by atoms with E-state index in [1.54, 1.807) is 12.1 Å². The van der Waals surface area contributed by atoms with Gasteiger partial charge in [0.25, 0.3) is 0 Å². The Morgan fingerprint density at radius 1 is 0.893 bits per heavy atom. The molecule has 0 fully saturated rings. The van der Waals surface area contributed by atoms with Gasteiger partial charge in [0.15, 0.2) is 0 Å². The van der Waals surface area contributed by atoms with Gasteiger partial charge in [-0.05, 0) is 53.6 Å². The van der Waals surface area contributed by atoms with Crippen LogP contribution in [0.2, 0.25) is 0 Å². The number of hydrazone groups is 1. The average Bonchev–Trinajstić information content (AvgIpc) is 2.71. The van der Waals surface area contributed by atoms with Crippen LogP contribution in [0.3, 0.4) is 0 Å². The summed E-state index contributed by atoms with van der Waals surface area (Å²) in [6.45, 7) is 1.84. The highest BCUT2D eigenvalue weighted by Gasteiger charge is 2.07. The highest BCUT2D eigenvalue weighted by molar-refractivity contribution is 9.10. The van der Waals surface area contributed by atoms with Crippen molar-refractivity contribution in [2.45, 2.75) is 19.8 Å². The number of fused-ring (bicyclic) bond motifs is 1. The Morgan fingerprint density at radius 3 is 2.32 bits per heavy atom. The van der Waals surface area contributed by atoms with Crippen molar-refractivity contribution in [1.82, 2.24) is 5.43 Å². The van der Waals surface area contributed by atoms with E-state index < -0.39 is 0 Å². The zero-order valence-corrected chi connectivity index (χ0v) is 17.0. The number of nitrogens with one attached hydrogen (secondary N) is 2. The van der Waals surface area contributed by atoms with Crippen LogP contribution in [0.5, 0.6) is 0 Å². The minimum absolute atomic E-state index is 0.0663. The molecule has 5 nitrogen and oxygen atoms in total. The number of anilines is 1. The molecule has 0 spiro atoms. The first kappa shape index (κ1) is 19.8. The van der Waals surface area contributed by atoms with Crippen LogP contribution in [0.4, 0.5) is 5.69 Å². The minimum Gasteiger partial charge on any atom is -0.326 e. The van der Waals surface area contributed by atoms with E-state index in [1.807, 2.05) is 61.5 Å². The van der Waals surface area contributed by atoms with Gasteiger partial charge in [-0.2, -0.15) is 5.10 Å². The maximum atomic E-state index is 12.0. The molecule has 0 aromatic heterocycles. The van der Waals surface area contributed by atoms with Gasteiger partial charge in [0.05, 0.1) is 5.71 Å². The van der Waals surface area contributed by atoms with Gasteiger partial charge >= 0.3 is 0 Å². The normalized spacial score (nSPS) is 11.3. The van der Waals surface area contributed by atoms with Crippen LogP contribution >= 0.6 is 15.9 Å². The van der Waals surface area contributed by atoms with Crippen LogP contribution in [0.15, 0.2) is 76.3 Å². The molecule has 0 unspecified atom stereocenters. The molecule has 0 atom stereocenters. The maximum Gasteiger partial charge on any atom is 0.240 e. The molecule has 3 aromatic rings. The first-order valence-corrected chi connectivity index (χ1v) is 9.68. The van der Waals surface area contributed by atoms with Gasteiger partial charge in [0, 0.05) is 23.0 Å². The Kier molecular flexibility index (Phi) is 6.55. The lowest BCUT2D eigenvalue weighted by Crippen LogP contribution is -2.21. The molecule has 0 aliphatic heterocycles. The summed E-state index contributed by atoms with van der Waals surface area (Å²) >= 11 is 3.34. The van der Waals surface area contributed by atoms with Crippen LogP contribution in [-0.4, -0.2) is 17.5 Å². The zero-order valence-electron chi connectivity index (χ0n) is 15.4. The average molecular weight is 438 g/mol. The second-order valence-corrected chi connectivity index (χ2v) is 7.26. The van der Waals surface area contributed by atoms with Crippen molar-refractivity contribution in [1.29, 1.82) is 0 Å². The molecule has 3 rings (SSSR count). The Balaban J connectivity index is 1.50. The molecule has 0 bridgehead atoms. The Labute approximate surface area is 172 Å². The highest BCUT2D eigenvalue weighted by atomic mass is 79.9. The summed E-state index contributed by atoms with van der Waals surface area (Å²) in [4.78, 5) is 23.9. The first-order valence-electron chi connectivity index (χ1n) is 8.89. The summed E-state index contributed by atoms with van der Waals surface area (Å²) in [5.41, 5.74) is 4.86. The molecule has 2 N–H and O–H groups in total. The second-order valence-electron chi connectivity index (χ2n) is 6.35. The Hall–Kier alpha value is -2.99. The van der Waals surface area contributed by atoms with Gasteiger partial charge < -0.3 is 5.32 Å². The van der Waals surface area contributed by atoms with Crippen molar-refractivity contribution in [2.24, 2.45) is 5.10 Å². The molecule has 0 saturated heterocycles. The predicted molar refractivity (Wildman–Crippen MR) is 116 cm³/mol. The van der Waals surface area contributed by atoms with Crippen LogP contribution in [0.25, 0.3) is 10.8 Å². The number of nitrogens with zero attached hydrogens (tertiary/aromatic N) is 1. The number of benzene rings is 3. The van der Waals surface area contributed by atoms with Crippen LogP contribution in [0, 0.1) is 0 Å². The van der Waals surface area contributed by atoms with E-state index >= 15 is 0 Å². The summed E-state index contributed by atoms with van der Waals surface area (Å²) in [5, 5.41) is 9.18. The van der Waals surface area contributed by atoms with E-state index in [0.29, 0.717) is 11.4 Å².